The Labute approximate surface area is 132 Å². The van der Waals surface area contributed by atoms with E-state index in [4.69, 9.17) is 0 Å². The minimum atomic E-state index is 0.301. The molecule has 0 radical (unpaired) electrons. The maximum atomic E-state index is 12.3. The fourth-order valence-electron chi connectivity index (χ4n) is 3.83. The molecule has 3 rings (SSSR count). The summed E-state index contributed by atoms with van der Waals surface area (Å²) in [7, 11) is 0. The van der Waals surface area contributed by atoms with Crippen LogP contribution in [0.15, 0.2) is 29.2 Å². The van der Waals surface area contributed by atoms with Gasteiger partial charge >= 0.3 is 0 Å². The first-order valence-electron chi connectivity index (χ1n) is 8.21. The van der Waals surface area contributed by atoms with Crippen LogP contribution in [0, 0.1) is 17.3 Å². The molecule has 1 saturated carbocycles. The van der Waals surface area contributed by atoms with Crippen LogP contribution in [0.5, 0.6) is 0 Å². The lowest BCUT2D eigenvalue weighted by atomic mass is 9.68. The molecule has 0 bridgehead atoms. The summed E-state index contributed by atoms with van der Waals surface area (Å²) in [6.45, 7) is 6.97. The van der Waals surface area contributed by atoms with Gasteiger partial charge in [-0.1, -0.05) is 39.0 Å². The molecule has 2 aliphatic rings. The number of ketones is 1. The molecule has 0 spiro atoms. The van der Waals surface area contributed by atoms with Crippen LogP contribution in [-0.4, -0.2) is 11.0 Å². The van der Waals surface area contributed by atoms with E-state index in [1.54, 1.807) is 0 Å². The molecular weight excluding hydrogens is 276 g/mol. The smallest absolute Gasteiger partial charge is 0.136 e. The maximum Gasteiger partial charge on any atom is 0.136 e. The largest absolute Gasteiger partial charge is 0.299 e. The Morgan fingerprint density at radius 3 is 2.71 bits per heavy atom. The Morgan fingerprint density at radius 1 is 1.24 bits per heavy atom. The maximum absolute atomic E-state index is 12.3. The highest BCUT2D eigenvalue weighted by atomic mass is 32.2. The van der Waals surface area contributed by atoms with E-state index < -0.39 is 0 Å². The number of hydrogen-bond donors (Lipinski definition) is 0. The fraction of sp³-hybridized carbons (Fsp3) is 0.632. The van der Waals surface area contributed by atoms with E-state index in [9.17, 15) is 4.79 Å². The van der Waals surface area contributed by atoms with E-state index in [0.717, 1.165) is 32.1 Å². The Bertz CT molecular complexity index is 504. The van der Waals surface area contributed by atoms with Crippen LogP contribution in [0.1, 0.15) is 52.0 Å². The van der Waals surface area contributed by atoms with E-state index in [2.05, 4.69) is 45.0 Å². The summed E-state index contributed by atoms with van der Waals surface area (Å²) in [6, 6.07) is 8.71. The second-order valence-corrected chi connectivity index (χ2v) is 9.13. The zero-order valence-electron chi connectivity index (χ0n) is 13.4. The van der Waals surface area contributed by atoms with Crippen LogP contribution in [0.4, 0.5) is 0 Å². The highest BCUT2D eigenvalue weighted by molar-refractivity contribution is 8.00. The van der Waals surface area contributed by atoms with Gasteiger partial charge in [-0.25, -0.2) is 0 Å². The average Bonchev–Trinajstić information content (AvgIpc) is 2.82. The van der Waals surface area contributed by atoms with Gasteiger partial charge < -0.3 is 0 Å². The van der Waals surface area contributed by atoms with Crippen molar-refractivity contribution in [3.8, 4) is 0 Å². The molecule has 0 saturated heterocycles. The molecule has 3 atom stereocenters. The quantitative estimate of drug-likeness (QED) is 0.753. The van der Waals surface area contributed by atoms with Gasteiger partial charge in [0.05, 0.1) is 0 Å². The summed E-state index contributed by atoms with van der Waals surface area (Å²) < 4.78 is 0. The number of carbonyl (C=O) groups is 1. The summed E-state index contributed by atoms with van der Waals surface area (Å²) in [6.07, 6.45) is 5.22. The molecule has 1 aromatic carbocycles. The summed E-state index contributed by atoms with van der Waals surface area (Å²) in [5.74, 6) is 1.52. The number of thioether (sulfide) groups is 1. The van der Waals surface area contributed by atoms with Crippen molar-refractivity contribution in [1.29, 1.82) is 0 Å². The average molecular weight is 302 g/mol. The molecule has 114 valence electrons. The standard InChI is InChI=1S/C19H26OS/c1-19(2,3)15-8-9-17(20)14(10-15)12-16-11-13-6-4-5-7-18(13)21-16/h4-7,14-16H,8-12H2,1-3H3. The Hall–Kier alpha value is -0.760. The monoisotopic (exact) mass is 302 g/mol. The first kappa shape index (κ1) is 15.1. The van der Waals surface area contributed by atoms with Crippen LogP contribution < -0.4 is 0 Å². The summed E-state index contributed by atoms with van der Waals surface area (Å²) in [4.78, 5) is 13.7. The highest BCUT2D eigenvalue weighted by Gasteiger charge is 2.36. The van der Waals surface area contributed by atoms with Crippen molar-refractivity contribution in [2.75, 3.05) is 0 Å². The zero-order chi connectivity index (χ0) is 15.0. The van der Waals surface area contributed by atoms with Crippen molar-refractivity contribution >= 4 is 17.5 Å². The van der Waals surface area contributed by atoms with Crippen LogP contribution in [-0.2, 0) is 11.2 Å². The lowest BCUT2D eigenvalue weighted by molar-refractivity contribution is -0.126. The molecule has 0 amide bonds. The fourth-order valence-corrected chi connectivity index (χ4v) is 5.24. The molecule has 1 nitrogen and oxygen atoms in total. The minimum absolute atomic E-state index is 0.301. The molecule has 1 heterocycles. The third kappa shape index (κ3) is 3.36. The van der Waals surface area contributed by atoms with Gasteiger partial charge in [0.15, 0.2) is 0 Å². The Balaban J connectivity index is 1.64. The SMILES string of the molecule is CC(C)(C)C1CCC(=O)C(CC2Cc3ccccc3S2)C1. The number of fused-ring (bicyclic) bond motifs is 1. The third-order valence-corrected chi connectivity index (χ3v) is 6.59. The van der Waals surface area contributed by atoms with Gasteiger partial charge in [-0.2, -0.15) is 0 Å². The molecule has 1 aliphatic carbocycles. The second kappa shape index (κ2) is 5.79. The van der Waals surface area contributed by atoms with E-state index in [1.165, 1.54) is 10.5 Å². The molecule has 0 N–H and O–H groups in total. The highest BCUT2D eigenvalue weighted by Crippen LogP contribution is 2.44. The van der Waals surface area contributed by atoms with Gasteiger partial charge in [0.1, 0.15) is 5.78 Å². The van der Waals surface area contributed by atoms with Crippen LogP contribution >= 0.6 is 11.8 Å². The van der Waals surface area contributed by atoms with Crippen molar-refractivity contribution in [2.24, 2.45) is 17.3 Å². The van der Waals surface area contributed by atoms with Gasteiger partial charge in [0, 0.05) is 22.5 Å². The van der Waals surface area contributed by atoms with Crippen molar-refractivity contribution < 1.29 is 4.79 Å². The Kier molecular flexibility index (Phi) is 4.18. The number of hydrogen-bond acceptors (Lipinski definition) is 2. The van der Waals surface area contributed by atoms with Crippen LogP contribution in [0.2, 0.25) is 0 Å². The first-order chi connectivity index (χ1) is 9.93. The van der Waals surface area contributed by atoms with Crippen LogP contribution in [0.3, 0.4) is 0 Å². The van der Waals surface area contributed by atoms with E-state index in [0.29, 0.717) is 28.3 Å². The van der Waals surface area contributed by atoms with Crippen molar-refractivity contribution in [2.45, 2.75) is 63.0 Å². The minimum Gasteiger partial charge on any atom is -0.299 e. The number of rotatable bonds is 2. The molecule has 1 aliphatic heterocycles. The van der Waals surface area contributed by atoms with Gasteiger partial charge in [-0.05, 0) is 48.6 Å². The number of Topliss-reactive ketones (excluding diaryl/α,β-unsaturated/α-hetero) is 1. The van der Waals surface area contributed by atoms with Gasteiger partial charge in [-0.3, -0.25) is 4.79 Å². The predicted molar refractivity (Wildman–Crippen MR) is 89.7 cm³/mol. The Morgan fingerprint density at radius 2 is 2.00 bits per heavy atom. The summed E-state index contributed by atoms with van der Waals surface area (Å²) in [5.41, 5.74) is 1.81. The van der Waals surface area contributed by atoms with Crippen molar-refractivity contribution in [3.63, 3.8) is 0 Å². The predicted octanol–water partition coefficient (Wildman–Crippen LogP) is 5.13. The third-order valence-electron chi connectivity index (χ3n) is 5.25. The zero-order valence-corrected chi connectivity index (χ0v) is 14.2. The number of carbonyl (C=O) groups excluding carboxylic acids is 1. The summed E-state index contributed by atoms with van der Waals surface area (Å²) >= 11 is 1.99. The van der Waals surface area contributed by atoms with Gasteiger partial charge in [-0.15, -0.1) is 11.8 Å². The molecule has 1 aromatic rings. The van der Waals surface area contributed by atoms with E-state index in [-0.39, 0.29) is 0 Å². The molecule has 3 unspecified atom stereocenters. The second-order valence-electron chi connectivity index (χ2n) is 7.79. The van der Waals surface area contributed by atoms with E-state index in [1.807, 2.05) is 11.8 Å². The van der Waals surface area contributed by atoms with Gasteiger partial charge in [0.25, 0.3) is 0 Å². The lowest BCUT2D eigenvalue weighted by Gasteiger charge is -2.37. The molecule has 21 heavy (non-hydrogen) atoms. The molecule has 2 heteroatoms. The van der Waals surface area contributed by atoms with Crippen molar-refractivity contribution in [1.82, 2.24) is 0 Å². The topological polar surface area (TPSA) is 17.1 Å². The lowest BCUT2D eigenvalue weighted by Crippen LogP contribution is -2.33. The van der Waals surface area contributed by atoms with Gasteiger partial charge in [0.2, 0.25) is 0 Å². The first-order valence-corrected chi connectivity index (χ1v) is 9.08. The molecule has 0 aromatic heterocycles. The normalized spacial score (nSPS) is 29.5. The number of benzene rings is 1. The van der Waals surface area contributed by atoms with E-state index >= 15 is 0 Å². The molecular formula is C19H26OS. The molecule has 1 fully saturated rings. The van der Waals surface area contributed by atoms with Crippen molar-refractivity contribution in [3.05, 3.63) is 29.8 Å². The van der Waals surface area contributed by atoms with Crippen LogP contribution in [0.25, 0.3) is 0 Å². The summed E-state index contributed by atoms with van der Waals surface area (Å²) in [5, 5.41) is 0.607.